The number of methoxy groups -OCH3 is 1. The molecule has 0 atom stereocenters. The van der Waals surface area contributed by atoms with E-state index < -0.39 is 0 Å². The van der Waals surface area contributed by atoms with E-state index in [1.807, 2.05) is 12.1 Å². The van der Waals surface area contributed by atoms with Gasteiger partial charge < -0.3 is 15.0 Å². The number of nitrogens with one attached hydrogen (secondary N) is 2. The summed E-state index contributed by atoms with van der Waals surface area (Å²) in [6, 6.07) is 10.2. The van der Waals surface area contributed by atoms with Gasteiger partial charge in [-0.3, -0.25) is 0 Å². The number of fused-ring (bicyclic) bond motifs is 2. The zero-order chi connectivity index (χ0) is 14.2. The van der Waals surface area contributed by atoms with Gasteiger partial charge >= 0.3 is 0 Å². The van der Waals surface area contributed by atoms with Crippen LogP contribution in [-0.4, -0.2) is 28.6 Å². The molecule has 0 spiro atoms. The number of nitrogens with zero attached hydrogens (tertiary/aromatic N) is 2. The highest BCUT2D eigenvalue weighted by atomic mass is 16.5. The second-order valence-electron chi connectivity index (χ2n) is 5.18. The van der Waals surface area contributed by atoms with Crippen molar-refractivity contribution in [3.05, 3.63) is 41.5 Å². The fourth-order valence-electron chi connectivity index (χ4n) is 2.87. The number of ether oxygens (including phenoxy) is 1. The lowest BCUT2D eigenvalue weighted by Crippen LogP contribution is -2.24. The maximum atomic E-state index is 5.15. The summed E-state index contributed by atoms with van der Waals surface area (Å²) in [6.07, 6.45) is 1.03. The number of hydrogen-bond acceptors (Lipinski definition) is 4. The quantitative estimate of drug-likeness (QED) is 0.756. The molecule has 1 aliphatic rings. The first kappa shape index (κ1) is 12.3. The van der Waals surface area contributed by atoms with Gasteiger partial charge in [0.05, 0.1) is 12.6 Å². The van der Waals surface area contributed by atoms with Gasteiger partial charge in [0.1, 0.15) is 5.82 Å². The van der Waals surface area contributed by atoms with Crippen molar-refractivity contribution < 1.29 is 4.74 Å². The molecule has 0 aliphatic carbocycles. The fourth-order valence-corrected chi connectivity index (χ4v) is 2.87. The lowest BCUT2D eigenvalue weighted by Gasteiger charge is -2.19. The zero-order valence-electron chi connectivity index (χ0n) is 11.8. The van der Waals surface area contributed by atoms with Crippen LogP contribution in [0.3, 0.4) is 0 Å². The minimum atomic E-state index is 0.583. The van der Waals surface area contributed by atoms with E-state index in [9.17, 15) is 0 Å². The Bertz CT molecular complexity index is 809. The third-order valence-electron chi connectivity index (χ3n) is 3.92. The summed E-state index contributed by atoms with van der Waals surface area (Å²) < 4.78 is 5.15. The number of pyridine rings is 1. The van der Waals surface area contributed by atoms with Crippen LogP contribution in [0.25, 0.3) is 22.6 Å². The van der Waals surface area contributed by atoms with Gasteiger partial charge in [0.2, 0.25) is 5.88 Å². The Hall–Kier alpha value is -2.40. The highest BCUT2D eigenvalue weighted by molar-refractivity contribution is 5.77. The maximum absolute atomic E-state index is 5.15. The van der Waals surface area contributed by atoms with Crippen LogP contribution < -0.4 is 10.1 Å². The van der Waals surface area contributed by atoms with E-state index in [1.165, 1.54) is 16.7 Å². The van der Waals surface area contributed by atoms with Crippen LogP contribution in [0.5, 0.6) is 5.88 Å². The van der Waals surface area contributed by atoms with Gasteiger partial charge in [-0.1, -0.05) is 18.2 Å². The van der Waals surface area contributed by atoms with Crippen LogP contribution in [0.1, 0.15) is 11.1 Å². The van der Waals surface area contributed by atoms with Gasteiger partial charge in [0, 0.05) is 18.2 Å². The summed E-state index contributed by atoms with van der Waals surface area (Å²) in [5, 5.41) is 3.40. The van der Waals surface area contributed by atoms with E-state index in [4.69, 9.17) is 4.74 Å². The van der Waals surface area contributed by atoms with Crippen molar-refractivity contribution in [3.8, 4) is 17.3 Å². The van der Waals surface area contributed by atoms with Crippen LogP contribution >= 0.6 is 0 Å². The first-order chi connectivity index (χ1) is 10.3. The summed E-state index contributed by atoms with van der Waals surface area (Å²) in [6.45, 7) is 1.94. The minimum absolute atomic E-state index is 0.583. The molecule has 0 bridgehead atoms. The van der Waals surface area contributed by atoms with E-state index in [2.05, 4.69) is 38.5 Å². The Morgan fingerprint density at radius 3 is 3.00 bits per heavy atom. The molecule has 3 heterocycles. The molecule has 2 N–H and O–H groups in total. The van der Waals surface area contributed by atoms with Crippen molar-refractivity contribution in [2.24, 2.45) is 0 Å². The molecule has 0 saturated carbocycles. The van der Waals surface area contributed by atoms with Crippen LogP contribution in [0, 0.1) is 0 Å². The maximum Gasteiger partial charge on any atom is 0.215 e. The molecule has 4 rings (SSSR count). The van der Waals surface area contributed by atoms with E-state index >= 15 is 0 Å². The van der Waals surface area contributed by atoms with Crippen molar-refractivity contribution in [1.82, 2.24) is 20.3 Å². The fraction of sp³-hybridized carbons (Fsp3) is 0.250. The number of H-pyrrole nitrogens is 1. The topological polar surface area (TPSA) is 62.8 Å². The minimum Gasteiger partial charge on any atom is -0.481 e. The summed E-state index contributed by atoms with van der Waals surface area (Å²) in [5.74, 6) is 1.46. The van der Waals surface area contributed by atoms with Crippen molar-refractivity contribution in [3.63, 3.8) is 0 Å². The van der Waals surface area contributed by atoms with Crippen molar-refractivity contribution >= 4 is 11.2 Å². The number of benzene rings is 1. The first-order valence-electron chi connectivity index (χ1n) is 7.08. The Morgan fingerprint density at radius 2 is 2.10 bits per heavy atom. The molecule has 2 aromatic heterocycles. The zero-order valence-corrected chi connectivity index (χ0v) is 11.8. The van der Waals surface area contributed by atoms with Gasteiger partial charge in [-0.15, -0.1) is 0 Å². The molecule has 3 aromatic rings. The van der Waals surface area contributed by atoms with E-state index in [-0.39, 0.29) is 0 Å². The number of rotatable bonds is 2. The molecular formula is C16H16N4O. The molecule has 1 aliphatic heterocycles. The molecule has 21 heavy (non-hydrogen) atoms. The highest BCUT2D eigenvalue weighted by Crippen LogP contribution is 2.28. The lowest BCUT2D eigenvalue weighted by molar-refractivity contribution is 0.399. The van der Waals surface area contributed by atoms with Gasteiger partial charge in [0.25, 0.3) is 0 Å². The summed E-state index contributed by atoms with van der Waals surface area (Å²) >= 11 is 0. The highest BCUT2D eigenvalue weighted by Gasteiger charge is 2.16. The number of aromatic amines is 1. The SMILES string of the molecule is COc1ccc2[nH]c(-c3cccc4c3CCNC4)nc2n1. The molecule has 5 heteroatoms. The van der Waals surface area contributed by atoms with Crippen molar-refractivity contribution in [1.29, 1.82) is 0 Å². The standard InChI is InChI=1S/C16H16N4O/c1-21-14-6-5-13-16(19-14)20-15(18-13)12-4-2-3-10-9-17-8-7-11(10)12/h2-6,17H,7-9H2,1H3,(H,18,19,20). The third kappa shape index (κ3) is 2.06. The van der Waals surface area contributed by atoms with E-state index in [1.54, 1.807) is 7.11 Å². The summed E-state index contributed by atoms with van der Waals surface area (Å²) in [4.78, 5) is 12.4. The van der Waals surface area contributed by atoms with Crippen LogP contribution in [0.15, 0.2) is 30.3 Å². The average molecular weight is 280 g/mol. The molecule has 0 radical (unpaired) electrons. The predicted molar refractivity (Wildman–Crippen MR) is 81.3 cm³/mol. The normalized spacial score (nSPS) is 14.1. The molecular weight excluding hydrogens is 264 g/mol. The number of hydrogen-bond donors (Lipinski definition) is 2. The second-order valence-corrected chi connectivity index (χ2v) is 5.18. The van der Waals surface area contributed by atoms with Crippen LogP contribution in [0.4, 0.5) is 0 Å². The smallest absolute Gasteiger partial charge is 0.215 e. The van der Waals surface area contributed by atoms with Gasteiger partial charge in [-0.25, -0.2) is 4.98 Å². The summed E-state index contributed by atoms with van der Waals surface area (Å²) in [7, 11) is 1.61. The van der Waals surface area contributed by atoms with Gasteiger partial charge in [-0.05, 0) is 30.2 Å². The Labute approximate surface area is 122 Å². The molecule has 0 saturated heterocycles. The average Bonchev–Trinajstić information content (AvgIpc) is 2.97. The molecule has 0 fully saturated rings. The van der Waals surface area contributed by atoms with Crippen LogP contribution in [-0.2, 0) is 13.0 Å². The molecule has 106 valence electrons. The van der Waals surface area contributed by atoms with Crippen molar-refractivity contribution in [2.75, 3.05) is 13.7 Å². The Balaban J connectivity index is 1.86. The third-order valence-corrected chi connectivity index (χ3v) is 3.92. The largest absolute Gasteiger partial charge is 0.481 e. The van der Waals surface area contributed by atoms with Crippen molar-refractivity contribution in [2.45, 2.75) is 13.0 Å². The summed E-state index contributed by atoms with van der Waals surface area (Å²) in [5.41, 5.74) is 5.52. The monoisotopic (exact) mass is 280 g/mol. The molecule has 0 amide bonds. The Kier molecular flexibility index (Phi) is 2.86. The second kappa shape index (κ2) is 4.86. The van der Waals surface area contributed by atoms with Gasteiger partial charge in [0.15, 0.2) is 5.65 Å². The van der Waals surface area contributed by atoms with E-state index in [0.717, 1.165) is 30.9 Å². The van der Waals surface area contributed by atoms with E-state index in [0.29, 0.717) is 11.5 Å². The molecule has 0 unspecified atom stereocenters. The first-order valence-corrected chi connectivity index (χ1v) is 7.08. The number of imidazole rings is 1. The Morgan fingerprint density at radius 1 is 1.14 bits per heavy atom. The van der Waals surface area contributed by atoms with Gasteiger partial charge in [-0.2, -0.15) is 4.98 Å². The molecule has 1 aromatic carbocycles. The predicted octanol–water partition coefficient (Wildman–Crippen LogP) is 2.28. The van der Waals surface area contributed by atoms with Crippen LogP contribution in [0.2, 0.25) is 0 Å². The molecule has 5 nitrogen and oxygen atoms in total. The lowest BCUT2D eigenvalue weighted by atomic mass is 9.95. The number of aromatic nitrogens is 3.